The van der Waals surface area contributed by atoms with Crippen LogP contribution in [0.1, 0.15) is 18.9 Å². The molecule has 2 rings (SSSR count). The predicted molar refractivity (Wildman–Crippen MR) is 59.1 cm³/mol. The lowest BCUT2D eigenvalue weighted by atomic mass is 10.0. The smallest absolute Gasteiger partial charge is 0.130 e. The van der Waals surface area contributed by atoms with E-state index in [1.165, 1.54) is 12.1 Å². The minimum absolute atomic E-state index is 0.0147. The molecule has 2 nitrogen and oxygen atoms in total. The zero-order valence-corrected chi connectivity index (χ0v) is 9.32. The second-order valence-electron chi connectivity index (χ2n) is 4.58. The van der Waals surface area contributed by atoms with Gasteiger partial charge in [0.25, 0.3) is 0 Å². The number of hydrogen-bond donors (Lipinski definition) is 2. The van der Waals surface area contributed by atoms with Crippen molar-refractivity contribution in [3.05, 3.63) is 35.4 Å². The van der Waals surface area contributed by atoms with Gasteiger partial charge in [-0.2, -0.15) is 0 Å². The molecule has 1 saturated heterocycles. The Hall–Kier alpha value is -1.00. The van der Waals surface area contributed by atoms with Crippen molar-refractivity contribution in [1.82, 2.24) is 10.6 Å². The minimum atomic E-state index is -0.532. The summed E-state index contributed by atoms with van der Waals surface area (Å²) in [5.41, 5.74) is 0.524. The maximum Gasteiger partial charge on any atom is 0.130 e. The Balaban J connectivity index is 1.99. The fourth-order valence-electron chi connectivity index (χ4n) is 1.94. The van der Waals surface area contributed by atoms with Crippen molar-refractivity contribution >= 4 is 0 Å². The van der Waals surface area contributed by atoms with Crippen molar-refractivity contribution in [3.8, 4) is 0 Å². The van der Waals surface area contributed by atoms with Crippen molar-refractivity contribution in [1.29, 1.82) is 0 Å². The van der Waals surface area contributed by atoms with E-state index in [0.29, 0.717) is 12.1 Å². The molecule has 1 fully saturated rings. The van der Waals surface area contributed by atoms with Gasteiger partial charge in [0.2, 0.25) is 0 Å². The number of rotatable bonds is 3. The Bertz CT molecular complexity index is 373. The lowest BCUT2D eigenvalue weighted by Crippen LogP contribution is -2.43. The third-order valence-corrected chi connectivity index (χ3v) is 3.09. The molecule has 4 heteroatoms. The Morgan fingerprint density at radius 1 is 1.44 bits per heavy atom. The standard InChI is InChI=1S/C12H16F2N2/c1-12(4-5-15-8-12)16-7-9-2-3-10(13)6-11(9)14/h2-3,6,15-16H,4-5,7-8H2,1H3. The van der Waals surface area contributed by atoms with E-state index < -0.39 is 11.6 Å². The molecule has 0 amide bonds. The van der Waals surface area contributed by atoms with E-state index in [9.17, 15) is 8.78 Å². The molecule has 88 valence electrons. The largest absolute Gasteiger partial charge is 0.315 e. The summed E-state index contributed by atoms with van der Waals surface area (Å²) in [4.78, 5) is 0. The summed E-state index contributed by atoms with van der Waals surface area (Å²) in [5, 5.41) is 6.57. The summed E-state index contributed by atoms with van der Waals surface area (Å²) in [6, 6.07) is 3.70. The first kappa shape index (κ1) is 11.5. The van der Waals surface area contributed by atoms with E-state index in [1.807, 2.05) is 0 Å². The maximum absolute atomic E-state index is 13.4. The normalized spacial score (nSPS) is 24.9. The summed E-state index contributed by atoms with van der Waals surface area (Å²) >= 11 is 0. The fourth-order valence-corrected chi connectivity index (χ4v) is 1.94. The maximum atomic E-state index is 13.4. The van der Waals surface area contributed by atoms with Crippen LogP contribution in [-0.4, -0.2) is 18.6 Å². The molecule has 1 heterocycles. The van der Waals surface area contributed by atoms with Gasteiger partial charge in [-0.15, -0.1) is 0 Å². The van der Waals surface area contributed by atoms with Crippen LogP contribution in [0.25, 0.3) is 0 Å². The third kappa shape index (κ3) is 2.57. The highest BCUT2D eigenvalue weighted by atomic mass is 19.1. The zero-order valence-electron chi connectivity index (χ0n) is 9.32. The zero-order chi connectivity index (χ0) is 11.6. The number of halogens is 2. The van der Waals surface area contributed by atoms with Gasteiger partial charge in [0.1, 0.15) is 11.6 Å². The van der Waals surface area contributed by atoms with E-state index in [4.69, 9.17) is 0 Å². The molecule has 1 atom stereocenters. The van der Waals surface area contributed by atoms with Crippen molar-refractivity contribution in [2.75, 3.05) is 13.1 Å². The van der Waals surface area contributed by atoms with Gasteiger partial charge in [0.05, 0.1) is 0 Å². The number of nitrogens with one attached hydrogen (secondary N) is 2. The van der Waals surface area contributed by atoms with Crippen molar-refractivity contribution < 1.29 is 8.78 Å². The monoisotopic (exact) mass is 226 g/mol. The van der Waals surface area contributed by atoms with Crippen LogP contribution in [0.2, 0.25) is 0 Å². The summed E-state index contributed by atoms with van der Waals surface area (Å²) in [6.45, 7) is 4.41. The Labute approximate surface area is 94.0 Å². The molecule has 0 aromatic heterocycles. The number of hydrogen-bond acceptors (Lipinski definition) is 2. The number of benzene rings is 1. The average molecular weight is 226 g/mol. The molecular weight excluding hydrogens is 210 g/mol. The molecule has 0 saturated carbocycles. The highest BCUT2D eigenvalue weighted by Crippen LogP contribution is 2.15. The van der Waals surface area contributed by atoms with Crippen LogP contribution in [-0.2, 0) is 6.54 Å². The molecule has 1 aliphatic heterocycles. The minimum Gasteiger partial charge on any atom is -0.315 e. The quantitative estimate of drug-likeness (QED) is 0.821. The first-order chi connectivity index (χ1) is 7.59. The average Bonchev–Trinajstić information content (AvgIpc) is 2.64. The third-order valence-electron chi connectivity index (χ3n) is 3.09. The van der Waals surface area contributed by atoms with Crippen LogP contribution >= 0.6 is 0 Å². The first-order valence-corrected chi connectivity index (χ1v) is 5.49. The lowest BCUT2D eigenvalue weighted by molar-refractivity contribution is 0.381. The summed E-state index contributed by atoms with van der Waals surface area (Å²) < 4.78 is 26.0. The van der Waals surface area contributed by atoms with E-state index in [1.54, 1.807) is 0 Å². The van der Waals surface area contributed by atoms with E-state index >= 15 is 0 Å². The van der Waals surface area contributed by atoms with Gasteiger partial charge in [0, 0.05) is 30.3 Å². The fraction of sp³-hybridized carbons (Fsp3) is 0.500. The molecule has 0 radical (unpaired) electrons. The van der Waals surface area contributed by atoms with Crippen LogP contribution in [0.4, 0.5) is 8.78 Å². The Morgan fingerprint density at radius 2 is 2.25 bits per heavy atom. The van der Waals surface area contributed by atoms with Gasteiger partial charge in [-0.1, -0.05) is 6.07 Å². The Kier molecular flexibility index (Phi) is 3.21. The molecule has 16 heavy (non-hydrogen) atoms. The summed E-state index contributed by atoms with van der Waals surface area (Å²) in [6.07, 6.45) is 1.02. The molecule has 0 bridgehead atoms. The van der Waals surface area contributed by atoms with Gasteiger partial charge in [-0.25, -0.2) is 8.78 Å². The van der Waals surface area contributed by atoms with Crippen molar-refractivity contribution in [3.63, 3.8) is 0 Å². The topological polar surface area (TPSA) is 24.1 Å². The van der Waals surface area contributed by atoms with Crippen LogP contribution in [0, 0.1) is 11.6 Å². The van der Waals surface area contributed by atoms with E-state index in [-0.39, 0.29) is 5.54 Å². The highest BCUT2D eigenvalue weighted by molar-refractivity contribution is 5.18. The van der Waals surface area contributed by atoms with Gasteiger partial charge in [0.15, 0.2) is 0 Å². The molecule has 0 spiro atoms. The van der Waals surface area contributed by atoms with Gasteiger partial charge in [-0.3, -0.25) is 0 Å². The highest BCUT2D eigenvalue weighted by Gasteiger charge is 2.27. The second kappa shape index (κ2) is 4.47. The molecular formula is C12H16F2N2. The molecule has 0 aliphatic carbocycles. The molecule has 1 unspecified atom stereocenters. The van der Waals surface area contributed by atoms with Crippen LogP contribution < -0.4 is 10.6 Å². The Morgan fingerprint density at radius 3 is 2.88 bits per heavy atom. The molecule has 1 aromatic carbocycles. The van der Waals surface area contributed by atoms with Gasteiger partial charge >= 0.3 is 0 Å². The predicted octanol–water partition coefficient (Wildman–Crippen LogP) is 1.81. The van der Waals surface area contributed by atoms with Crippen molar-refractivity contribution in [2.45, 2.75) is 25.4 Å². The summed E-state index contributed by atoms with van der Waals surface area (Å²) in [7, 11) is 0. The second-order valence-corrected chi connectivity index (χ2v) is 4.58. The SMILES string of the molecule is CC1(NCc2ccc(F)cc2F)CCNC1. The van der Waals surface area contributed by atoms with E-state index in [2.05, 4.69) is 17.6 Å². The van der Waals surface area contributed by atoms with Crippen LogP contribution in [0.3, 0.4) is 0 Å². The van der Waals surface area contributed by atoms with Gasteiger partial charge in [-0.05, 0) is 26.0 Å². The first-order valence-electron chi connectivity index (χ1n) is 5.49. The van der Waals surface area contributed by atoms with Gasteiger partial charge < -0.3 is 10.6 Å². The van der Waals surface area contributed by atoms with Crippen LogP contribution in [0.5, 0.6) is 0 Å². The van der Waals surface area contributed by atoms with Crippen molar-refractivity contribution in [2.24, 2.45) is 0 Å². The molecule has 2 N–H and O–H groups in total. The molecule has 1 aromatic rings. The molecule has 1 aliphatic rings. The lowest BCUT2D eigenvalue weighted by Gasteiger charge is -2.24. The van der Waals surface area contributed by atoms with Crippen LogP contribution in [0.15, 0.2) is 18.2 Å². The van der Waals surface area contributed by atoms with E-state index in [0.717, 1.165) is 25.6 Å². The summed E-state index contributed by atoms with van der Waals surface area (Å²) in [5.74, 6) is -1.02.